The highest BCUT2D eigenvalue weighted by Crippen LogP contribution is 2.29. The zero-order chi connectivity index (χ0) is 16.7. The van der Waals surface area contributed by atoms with Crippen LogP contribution in [0.25, 0.3) is 28.0 Å². The van der Waals surface area contributed by atoms with E-state index in [-0.39, 0.29) is 5.82 Å². The Balaban J connectivity index is 1.94. The molecular weight excluding hydrogens is 325 g/mol. The molecule has 4 rings (SSSR count). The summed E-state index contributed by atoms with van der Waals surface area (Å²) in [5, 5.41) is 4.83. The molecule has 5 heteroatoms. The van der Waals surface area contributed by atoms with E-state index in [2.05, 4.69) is 10.1 Å². The Morgan fingerprint density at radius 1 is 0.958 bits per heavy atom. The zero-order valence-corrected chi connectivity index (χ0v) is 13.6. The Kier molecular flexibility index (Phi) is 3.54. The number of benzene rings is 2. The van der Waals surface area contributed by atoms with Crippen molar-refractivity contribution in [2.45, 2.75) is 6.92 Å². The average molecular weight is 338 g/mol. The fourth-order valence-electron chi connectivity index (χ4n) is 2.70. The summed E-state index contributed by atoms with van der Waals surface area (Å²) in [5.74, 6) is -0.282. The van der Waals surface area contributed by atoms with Gasteiger partial charge in [0, 0.05) is 17.2 Å². The van der Waals surface area contributed by atoms with Gasteiger partial charge in [-0.2, -0.15) is 5.10 Å². The van der Waals surface area contributed by atoms with Gasteiger partial charge in [0.25, 0.3) is 0 Å². The van der Waals surface area contributed by atoms with Gasteiger partial charge in [-0.25, -0.2) is 13.9 Å². The van der Waals surface area contributed by atoms with Crippen LogP contribution in [-0.2, 0) is 0 Å². The topological polar surface area (TPSA) is 30.2 Å². The van der Waals surface area contributed by atoms with Crippen molar-refractivity contribution in [2.24, 2.45) is 0 Å². The Labute approximate surface area is 143 Å². The molecular formula is C19H13ClFN3. The second-order valence-electron chi connectivity index (χ2n) is 5.63. The molecule has 0 atom stereocenters. The fraction of sp³-hybridized carbons (Fsp3) is 0.0526. The van der Waals surface area contributed by atoms with E-state index >= 15 is 0 Å². The first kappa shape index (κ1) is 14.8. The molecule has 2 aromatic carbocycles. The van der Waals surface area contributed by atoms with Crippen molar-refractivity contribution in [2.75, 3.05) is 0 Å². The molecule has 0 saturated carbocycles. The number of fused-ring (bicyclic) bond motifs is 1. The average Bonchev–Trinajstić information content (AvgIpc) is 2.99. The Morgan fingerprint density at radius 2 is 1.62 bits per heavy atom. The molecule has 0 aliphatic carbocycles. The summed E-state index contributed by atoms with van der Waals surface area (Å²) < 4.78 is 14.9. The molecule has 0 saturated heterocycles. The Morgan fingerprint density at radius 3 is 2.33 bits per heavy atom. The van der Waals surface area contributed by atoms with E-state index in [1.807, 2.05) is 31.2 Å². The second-order valence-corrected chi connectivity index (χ2v) is 6.02. The van der Waals surface area contributed by atoms with E-state index in [9.17, 15) is 4.39 Å². The number of hydrogen-bond acceptors (Lipinski definition) is 2. The largest absolute Gasteiger partial charge is 0.216 e. The molecule has 0 N–H and O–H groups in total. The number of rotatable bonds is 2. The summed E-state index contributed by atoms with van der Waals surface area (Å²) in [7, 11) is 0. The van der Waals surface area contributed by atoms with Gasteiger partial charge < -0.3 is 0 Å². The van der Waals surface area contributed by atoms with Crippen molar-refractivity contribution < 1.29 is 4.39 Å². The smallest absolute Gasteiger partial charge is 0.165 e. The van der Waals surface area contributed by atoms with E-state index in [0.717, 1.165) is 22.4 Å². The molecule has 24 heavy (non-hydrogen) atoms. The van der Waals surface area contributed by atoms with Crippen molar-refractivity contribution in [1.82, 2.24) is 14.6 Å². The highest BCUT2D eigenvalue weighted by Gasteiger charge is 2.13. The van der Waals surface area contributed by atoms with Crippen LogP contribution in [0.5, 0.6) is 0 Å². The van der Waals surface area contributed by atoms with Gasteiger partial charge in [-0.3, -0.25) is 0 Å². The van der Waals surface area contributed by atoms with E-state index in [0.29, 0.717) is 10.8 Å². The molecule has 0 amide bonds. The number of hydrogen-bond donors (Lipinski definition) is 0. The first-order chi connectivity index (χ1) is 11.6. The quantitative estimate of drug-likeness (QED) is 0.473. The van der Waals surface area contributed by atoms with Crippen molar-refractivity contribution in [3.05, 3.63) is 77.3 Å². The fourth-order valence-corrected chi connectivity index (χ4v) is 2.88. The van der Waals surface area contributed by atoms with Gasteiger partial charge in [0.1, 0.15) is 11.0 Å². The summed E-state index contributed by atoms with van der Waals surface area (Å²) in [4.78, 5) is 4.43. The molecule has 0 aliphatic heterocycles. The third-order valence-corrected chi connectivity index (χ3v) is 4.14. The summed E-state index contributed by atoms with van der Waals surface area (Å²) in [6, 6.07) is 16.1. The van der Waals surface area contributed by atoms with Crippen molar-refractivity contribution in [3.63, 3.8) is 0 Å². The number of aromatic nitrogens is 3. The maximum Gasteiger partial charge on any atom is 0.165 e. The standard InChI is InChI=1S/C19H13ClFN3/c1-12-2-4-13(5-3-12)16-11-22-24-17(10-18(20)23-19(16)24)14-6-8-15(21)9-7-14/h2-11H,1H3. The third-order valence-electron chi connectivity index (χ3n) is 3.94. The lowest BCUT2D eigenvalue weighted by molar-refractivity contribution is 0.628. The first-order valence-electron chi connectivity index (χ1n) is 7.49. The van der Waals surface area contributed by atoms with Crippen molar-refractivity contribution in [1.29, 1.82) is 0 Å². The highest BCUT2D eigenvalue weighted by molar-refractivity contribution is 6.29. The van der Waals surface area contributed by atoms with Gasteiger partial charge in [-0.1, -0.05) is 41.4 Å². The predicted octanol–water partition coefficient (Wildman–Crippen LogP) is 5.16. The molecule has 118 valence electrons. The second kappa shape index (κ2) is 5.73. The van der Waals surface area contributed by atoms with Crippen LogP contribution < -0.4 is 0 Å². The van der Waals surface area contributed by atoms with Gasteiger partial charge >= 0.3 is 0 Å². The van der Waals surface area contributed by atoms with Crippen LogP contribution in [0.1, 0.15) is 5.56 Å². The number of aryl methyl sites for hydroxylation is 1. The summed E-state index contributed by atoms with van der Waals surface area (Å²) >= 11 is 6.22. The monoisotopic (exact) mass is 337 g/mol. The Bertz CT molecular complexity index is 1020. The van der Waals surface area contributed by atoms with Crippen LogP contribution in [0.3, 0.4) is 0 Å². The van der Waals surface area contributed by atoms with Crippen molar-refractivity contribution in [3.8, 4) is 22.4 Å². The minimum atomic E-state index is -0.282. The van der Waals surface area contributed by atoms with Crippen LogP contribution in [-0.4, -0.2) is 14.6 Å². The van der Waals surface area contributed by atoms with Gasteiger partial charge in [0.05, 0.1) is 11.9 Å². The van der Waals surface area contributed by atoms with E-state index in [4.69, 9.17) is 11.6 Å². The van der Waals surface area contributed by atoms with Crippen LogP contribution in [0.4, 0.5) is 4.39 Å². The molecule has 0 aliphatic rings. The lowest BCUT2D eigenvalue weighted by Crippen LogP contribution is -1.97. The minimum absolute atomic E-state index is 0.282. The number of halogens is 2. The summed E-state index contributed by atoms with van der Waals surface area (Å²) in [5.41, 5.74) is 5.38. The number of nitrogens with zero attached hydrogens (tertiary/aromatic N) is 3. The van der Waals surface area contributed by atoms with E-state index in [1.165, 1.54) is 17.7 Å². The molecule has 0 fully saturated rings. The van der Waals surface area contributed by atoms with Gasteiger partial charge in [0.15, 0.2) is 5.65 Å². The molecule has 0 bridgehead atoms. The SMILES string of the molecule is Cc1ccc(-c2cnn3c(-c4ccc(F)cc4)cc(Cl)nc23)cc1. The molecule has 3 nitrogen and oxygen atoms in total. The van der Waals surface area contributed by atoms with E-state index < -0.39 is 0 Å². The highest BCUT2D eigenvalue weighted by atomic mass is 35.5. The lowest BCUT2D eigenvalue weighted by atomic mass is 10.1. The summed E-state index contributed by atoms with van der Waals surface area (Å²) in [6.45, 7) is 2.04. The van der Waals surface area contributed by atoms with Crippen LogP contribution in [0.15, 0.2) is 60.8 Å². The van der Waals surface area contributed by atoms with Gasteiger partial charge in [-0.05, 0) is 36.8 Å². The molecule has 0 unspecified atom stereocenters. The first-order valence-corrected chi connectivity index (χ1v) is 7.87. The van der Waals surface area contributed by atoms with Gasteiger partial charge in [-0.15, -0.1) is 0 Å². The molecule has 2 heterocycles. The predicted molar refractivity (Wildman–Crippen MR) is 93.6 cm³/mol. The van der Waals surface area contributed by atoms with Crippen LogP contribution in [0, 0.1) is 12.7 Å². The lowest BCUT2D eigenvalue weighted by Gasteiger charge is -2.07. The van der Waals surface area contributed by atoms with Crippen molar-refractivity contribution >= 4 is 17.2 Å². The summed E-state index contributed by atoms with van der Waals surface area (Å²) in [6.07, 6.45) is 1.77. The molecule has 0 radical (unpaired) electrons. The maximum absolute atomic E-state index is 13.2. The minimum Gasteiger partial charge on any atom is -0.216 e. The molecule has 4 aromatic rings. The zero-order valence-electron chi connectivity index (χ0n) is 12.9. The van der Waals surface area contributed by atoms with Gasteiger partial charge in [0.2, 0.25) is 0 Å². The van der Waals surface area contributed by atoms with E-state index in [1.54, 1.807) is 28.9 Å². The maximum atomic E-state index is 13.2. The normalized spacial score (nSPS) is 11.1. The van der Waals surface area contributed by atoms with Crippen LogP contribution >= 0.6 is 11.6 Å². The Hall–Kier alpha value is -2.72. The molecule has 2 aromatic heterocycles. The molecule has 0 spiro atoms. The third kappa shape index (κ3) is 2.55. The van der Waals surface area contributed by atoms with Crippen LogP contribution in [0.2, 0.25) is 5.15 Å².